The lowest BCUT2D eigenvalue weighted by atomic mass is 10.0. The molecule has 1 atom stereocenters. The average Bonchev–Trinajstić information content (AvgIpc) is 2.23. The van der Waals surface area contributed by atoms with Crippen LogP contribution in [0.5, 0.6) is 0 Å². The van der Waals surface area contributed by atoms with Crippen LogP contribution in [-0.4, -0.2) is 19.8 Å². The minimum Gasteiger partial charge on any atom is -0.385 e. The van der Waals surface area contributed by atoms with Crippen molar-refractivity contribution in [2.24, 2.45) is 5.73 Å². The van der Waals surface area contributed by atoms with Gasteiger partial charge in [-0.25, -0.2) is 0 Å². The Kier molecular flexibility index (Phi) is 11.9. The molecule has 0 aliphatic rings. The molecule has 1 unspecified atom stereocenters. The van der Waals surface area contributed by atoms with Gasteiger partial charge in [0.15, 0.2) is 0 Å². The van der Waals surface area contributed by atoms with Gasteiger partial charge in [-0.15, -0.1) is 0 Å². The third-order valence-electron chi connectivity index (χ3n) is 2.85. The first-order chi connectivity index (χ1) is 7.31. The highest BCUT2D eigenvalue weighted by molar-refractivity contribution is 4.61. The Labute approximate surface area is 95.6 Å². The summed E-state index contributed by atoms with van der Waals surface area (Å²) in [5, 5.41) is 0. The van der Waals surface area contributed by atoms with Crippen LogP contribution in [0.3, 0.4) is 0 Å². The molecule has 2 nitrogen and oxygen atoms in total. The molecule has 0 spiro atoms. The fourth-order valence-electron chi connectivity index (χ4n) is 1.82. The molecule has 0 saturated heterocycles. The molecule has 0 rings (SSSR count). The first kappa shape index (κ1) is 14.9. The van der Waals surface area contributed by atoms with Crippen molar-refractivity contribution in [2.45, 2.75) is 70.8 Å². The van der Waals surface area contributed by atoms with Crippen molar-refractivity contribution < 1.29 is 4.74 Å². The molecule has 0 aromatic rings. The lowest BCUT2D eigenvalue weighted by Crippen LogP contribution is -2.20. The number of nitrogens with two attached hydrogens (primary N) is 1. The van der Waals surface area contributed by atoms with Crippen LogP contribution < -0.4 is 5.73 Å². The topological polar surface area (TPSA) is 35.2 Å². The number of rotatable bonds is 11. The molecular weight excluding hydrogens is 186 g/mol. The molecule has 15 heavy (non-hydrogen) atoms. The van der Waals surface area contributed by atoms with E-state index >= 15 is 0 Å². The lowest BCUT2D eigenvalue weighted by molar-refractivity contribution is 0.190. The molecule has 0 aromatic heterocycles. The van der Waals surface area contributed by atoms with Crippen LogP contribution in [0.1, 0.15) is 64.7 Å². The zero-order valence-electron chi connectivity index (χ0n) is 10.6. The number of hydrogen-bond donors (Lipinski definition) is 1. The summed E-state index contributed by atoms with van der Waals surface area (Å²) in [6.07, 6.45) is 11.6. The van der Waals surface area contributed by atoms with Gasteiger partial charge in [-0.1, -0.05) is 45.4 Å². The van der Waals surface area contributed by atoms with Crippen molar-refractivity contribution in [1.29, 1.82) is 0 Å². The molecule has 0 aliphatic heterocycles. The molecule has 0 aliphatic carbocycles. The third-order valence-corrected chi connectivity index (χ3v) is 2.85. The first-order valence-electron chi connectivity index (χ1n) is 6.55. The van der Waals surface area contributed by atoms with E-state index < -0.39 is 0 Å². The van der Waals surface area contributed by atoms with E-state index in [1.807, 2.05) is 0 Å². The van der Waals surface area contributed by atoms with Gasteiger partial charge < -0.3 is 10.5 Å². The summed E-state index contributed by atoms with van der Waals surface area (Å²) >= 11 is 0. The van der Waals surface area contributed by atoms with Gasteiger partial charge in [0.2, 0.25) is 0 Å². The van der Waals surface area contributed by atoms with E-state index in [0.29, 0.717) is 6.04 Å². The van der Waals surface area contributed by atoms with Gasteiger partial charge in [-0.3, -0.25) is 0 Å². The van der Waals surface area contributed by atoms with Crippen molar-refractivity contribution >= 4 is 0 Å². The van der Waals surface area contributed by atoms with Crippen molar-refractivity contribution in [3.63, 3.8) is 0 Å². The lowest BCUT2D eigenvalue weighted by Gasteiger charge is -2.10. The van der Waals surface area contributed by atoms with Gasteiger partial charge in [0, 0.05) is 19.8 Å². The van der Waals surface area contributed by atoms with E-state index in [1.54, 1.807) is 7.11 Å². The quantitative estimate of drug-likeness (QED) is 0.535. The molecule has 0 amide bonds. The molecule has 0 bridgehead atoms. The molecule has 2 heteroatoms. The van der Waals surface area contributed by atoms with E-state index in [1.165, 1.54) is 44.9 Å². The highest BCUT2D eigenvalue weighted by Gasteiger charge is 2.01. The number of methoxy groups -OCH3 is 1. The van der Waals surface area contributed by atoms with Crippen molar-refractivity contribution in [3.05, 3.63) is 0 Å². The number of unbranched alkanes of at least 4 members (excludes halogenated alkanes) is 5. The standard InChI is InChI=1S/C13H29NO/c1-3-4-5-6-7-8-10-13(14)11-9-12-15-2/h13H,3-12,14H2,1-2H3. The van der Waals surface area contributed by atoms with Gasteiger partial charge in [0.1, 0.15) is 0 Å². The normalized spacial score (nSPS) is 13.0. The average molecular weight is 215 g/mol. The second-order valence-electron chi connectivity index (χ2n) is 4.45. The Morgan fingerprint density at radius 1 is 0.933 bits per heavy atom. The number of ether oxygens (including phenoxy) is 1. The Morgan fingerprint density at radius 2 is 1.53 bits per heavy atom. The van der Waals surface area contributed by atoms with Gasteiger partial charge in [-0.2, -0.15) is 0 Å². The molecule has 0 heterocycles. The fourth-order valence-corrected chi connectivity index (χ4v) is 1.82. The van der Waals surface area contributed by atoms with Crippen molar-refractivity contribution in [2.75, 3.05) is 13.7 Å². The molecule has 92 valence electrons. The maximum atomic E-state index is 6.00. The summed E-state index contributed by atoms with van der Waals surface area (Å²) < 4.78 is 5.01. The van der Waals surface area contributed by atoms with Gasteiger partial charge >= 0.3 is 0 Å². The first-order valence-corrected chi connectivity index (χ1v) is 6.55. The highest BCUT2D eigenvalue weighted by atomic mass is 16.5. The Morgan fingerprint density at radius 3 is 2.20 bits per heavy atom. The SMILES string of the molecule is CCCCCCCCC(N)CCCOC. The van der Waals surface area contributed by atoms with Crippen molar-refractivity contribution in [1.82, 2.24) is 0 Å². The highest BCUT2D eigenvalue weighted by Crippen LogP contribution is 2.09. The van der Waals surface area contributed by atoms with Gasteiger partial charge in [0.25, 0.3) is 0 Å². The molecular formula is C13H29NO. The molecule has 0 aromatic carbocycles. The minimum absolute atomic E-state index is 0.395. The van der Waals surface area contributed by atoms with E-state index in [9.17, 15) is 0 Å². The predicted octanol–water partition coefficient (Wildman–Crippen LogP) is 3.49. The van der Waals surface area contributed by atoms with Crippen LogP contribution in [0, 0.1) is 0 Å². The molecule has 2 N–H and O–H groups in total. The predicted molar refractivity (Wildman–Crippen MR) is 67.1 cm³/mol. The van der Waals surface area contributed by atoms with Gasteiger partial charge in [-0.05, 0) is 19.3 Å². The number of hydrogen-bond acceptors (Lipinski definition) is 2. The maximum Gasteiger partial charge on any atom is 0.0462 e. The zero-order valence-corrected chi connectivity index (χ0v) is 10.6. The molecule has 0 fully saturated rings. The fraction of sp³-hybridized carbons (Fsp3) is 1.00. The minimum atomic E-state index is 0.395. The summed E-state index contributed by atoms with van der Waals surface area (Å²) in [5.74, 6) is 0. The zero-order chi connectivity index (χ0) is 11.4. The van der Waals surface area contributed by atoms with E-state index in [-0.39, 0.29) is 0 Å². The Hall–Kier alpha value is -0.0800. The molecule has 0 saturated carbocycles. The Bertz CT molecular complexity index is 117. The van der Waals surface area contributed by atoms with Crippen LogP contribution in [-0.2, 0) is 4.74 Å². The van der Waals surface area contributed by atoms with E-state index in [2.05, 4.69) is 6.92 Å². The monoisotopic (exact) mass is 215 g/mol. The third kappa shape index (κ3) is 11.8. The van der Waals surface area contributed by atoms with Gasteiger partial charge in [0.05, 0.1) is 0 Å². The molecule has 0 radical (unpaired) electrons. The van der Waals surface area contributed by atoms with Crippen LogP contribution in [0.15, 0.2) is 0 Å². The smallest absolute Gasteiger partial charge is 0.0462 e. The van der Waals surface area contributed by atoms with E-state index in [4.69, 9.17) is 10.5 Å². The summed E-state index contributed by atoms with van der Waals surface area (Å²) in [6, 6.07) is 0.395. The summed E-state index contributed by atoms with van der Waals surface area (Å²) in [4.78, 5) is 0. The Balaban J connectivity index is 3.06. The summed E-state index contributed by atoms with van der Waals surface area (Å²) in [6.45, 7) is 3.11. The second kappa shape index (κ2) is 12.0. The van der Waals surface area contributed by atoms with Crippen LogP contribution >= 0.6 is 0 Å². The maximum absolute atomic E-state index is 6.00. The largest absolute Gasteiger partial charge is 0.385 e. The van der Waals surface area contributed by atoms with Crippen LogP contribution in [0.4, 0.5) is 0 Å². The summed E-state index contributed by atoms with van der Waals surface area (Å²) in [7, 11) is 1.75. The summed E-state index contributed by atoms with van der Waals surface area (Å²) in [5.41, 5.74) is 6.00. The van der Waals surface area contributed by atoms with Crippen molar-refractivity contribution in [3.8, 4) is 0 Å². The second-order valence-corrected chi connectivity index (χ2v) is 4.45. The van der Waals surface area contributed by atoms with Crippen LogP contribution in [0.2, 0.25) is 0 Å². The van der Waals surface area contributed by atoms with E-state index in [0.717, 1.165) is 19.4 Å². The van der Waals surface area contributed by atoms with Crippen LogP contribution in [0.25, 0.3) is 0 Å².